The summed E-state index contributed by atoms with van der Waals surface area (Å²) in [5, 5.41) is 18.6. The molecule has 0 aliphatic carbocycles. The van der Waals surface area contributed by atoms with Gasteiger partial charge in [0.1, 0.15) is 0 Å². The molecule has 1 aromatic rings. The summed E-state index contributed by atoms with van der Waals surface area (Å²) in [6.07, 6.45) is 0. The van der Waals surface area contributed by atoms with Crippen molar-refractivity contribution < 1.29 is 24.5 Å². The van der Waals surface area contributed by atoms with Crippen molar-refractivity contribution in [1.29, 1.82) is 0 Å². The van der Waals surface area contributed by atoms with Gasteiger partial charge in [-0.1, -0.05) is 0 Å². The number of carbonyl (C=O) groups is 2. The van der Waals surface area contributed by atoms with Crippen LogP contribution in [0.15, 0.2) is 9.85 Å². The second-order valence-electron chi connectivity index (χ2n) is 2.23. The Hall–Kier alpha value is -1.08. The van der Waals surface area contributed by atoms with Crippen LogP contribution >= 0.6 is 27.3 Å². The highest BCUT2D eigenvalue weighted by molar-refractivity contribution is 9.10. The largest absolute Gasteiger partial charge is 0.479 e. The number of carboxylic acids is 2. The van der Waals surface area contributed by atoms with E-state index in [4.69, 9.17) is 14.9 Å². The zero-order valence-corrected chi connectivity index (χ0v) is 9.09. The van der Waals surface area contributed by atoms with E-state index in [9.17, 15) is 9.59 Å². The number of rotatable bonds is 4. The lowest BCUT2D eigenvalue weighted by atomic mass is 10.4. The molecule has 1 aromatic heterocycles. The van der Waals surface area contributed by atoms with E-state index in [1.807, 2.05) is 0 Å². The molecule has 0 aromatic carbocycles. The number of ether oxygens (including phenoxy) is 1. The van der Waals surface area contributed by atoms with Crippen LogP contribution in [-0.4, -0.2) is 28.8 Å². The monoisotopic (exact) mass is 280 g/mol. The Balaban J connectivity index is 2.88. The molecule has 0 fully saturated rings. The summed E-state index contributed by atoms with van der Waals surface area (Å²) in [6, 6.07) is 0. The number of aliphatic carboxylic acids is 1. The molecule has 0 saturated carbocycles. The number of hydrogen-bond acceptors (Lipinski definition) is 4. The Morgan fingerprint density at radius 3 is 2.64 bits per heavy atom. The van der Waals surface area contributed by atoms with Crippen molar-refractivity contribution in [2.75, 3.05) is 6.61 Å². The van der Waals surface area contributed by atoms with Gasteiger partial charge in [-0.15, -0.1) is 11.3 Å². The molecule has 5 nitrogen and oxygen atoms in total. The van der Waals surface area contributed by atoms with Gasteiger partial charge in [0.2, 0.25) is 0 Å². The second-order valence-corrected chi connectivity index (χ2v) is 3.96. The highest BCUT2D eigenvalue weighted by atomic mass is 79.9. The molecule has 0 atom stereocenters. The van der Waals surface area contributed by atoms with Crippen molar-refractivity contribution in [3.8, 4) is 5.75 Å². The molecule has 76 valence electrons. The summed E-state index contributed by atoms with van der Waals surface area (Å²) in [4.78, 5) is 20.8. The van der Waals surface area contributed by atoms with Crippen LogP contribution in [0.5, 0.6) is 5.75 Å². The summed E-state index contributed by atoms with van der Waals surface area (Å²) in [5.74, 6) is -2.23. The minimum absolute atomic E-state index is 0.0156. The third-order valence-electron chi connectivity index (χ3n) is 1.24. The standard InChI is InChI=1S/C7H5BrO5S/c8-3-2-14-6(7(11)12)5(3)13-1-4(9)10/h2H,1H2,(H,9,10)(H,11,12). The minimum Gasteiger partial charge on any atom is -0.479 e. The topological polar surface area (TPSA) is 83.8 Å². The van der Waals surface area contributed by atoms with E-state index >= 15 is 0 Å². The molecular formula is C7H5BrO5S. The zero-order chi connectivity index (χ0) is 10.7. The van der Waals surface area contributed by atoms with E-state index in [0.29, 0.717) is 4.47 Å². The molecule has 0 aliphatic rings. The fourth-order valence-corrected chi connectivity index (χ4v) is 2.17. The summed E-state index contributed by atoms with van der Waals surface area (Å²) < 4.78 is 5.26. The van der Waals surface area contributed by atoms with Gasteiger partial charge in [-0.25, -0.2) is 9.59 Å². The van der Waals surface area contributed by atoms with E-state index in [2.05, 4.69) is 15.9 Å². The molecule has 0 spiro atoms. The Morgan fingerprint density at radius 1 is 1.50 bits per heavy atom. The van der Waals surface area contributed by atoms with Crippen molar-refractivity contribution in [2.45, 2.75) is 0 Å². The Kier molecular flexibility index (Phi) is 3.48. The van der Waals surface area contributed by atoms with Crippen LogP contribution in [-0.2, 0) is 4.79 Å². The van der Waals surface area contributed by atoms with E-state index in [1.54, 1.807) is 0 Å². The van der Waals surface area contributed by atoms with Crippen molar-refractivity contribution in [3.05, 3.63) is 14.7 Å². The first-order valence-corrected chi connectivity index (χ1v) is 5.04. The molecule has 1 rings (SSSR count). The lowest BCUT2D eigenvalue weighted by molar-refractivity contribution is -0.139. The number of halogens is 1. The van der Waals surface area contributed by atoms with E-state index < -0.39 is 18.5 Å². The normalized spacial score (nSPS) is 9.79. The van der Waals surface area contributed by atoms with Gasteiger partial charge < -0.3 is 14.9 Å². The van der Waals surface area contributed by atoms with Crippen LogP contribution in [0.3, 0.4) is 0 Å². The third-order valence-corrected chi connectivity index (χ3v) is 3.08. The van der Waals surface area contributed by atoms with Gasteiger partial charge in [-0.2, -0.15) is 0 Å². The number of aromatic carboxylic acids is 1. The van der Waals surface area contributed by atoms with Crippen LogP contribution in [0.1, 0.15) is 9.67 Å². The van der Waals surface area contributed by atoms with Crippen LogP contribution in [0.4, 0.5) is 0 Å². The van der Waals surface area contributed by atoms with Crippen LogP contribution in [0.25, 0.3) is 0 Å². The minimum atomic E-state index is -1.15. The number of thiophene rings is 1. The average Bonchev–Trinajstić information content (AvgIpc) is 2.43. The van der Waals surface area contributed by atoms with Gasteiger partial charge in [0.15, 0.2) is 17.2 Å². The van der Waals surface area contributed by atoms with Crippen molar-refractivity contribution >= 4 is 39.2 Å². The Labute approximate surface area is 91.1 Å². The quantitative estimate of drug-likeness (QED) is 0.877. The van der Waals surface area contributed by atoms with Crippen molar-refractivity contribution in [2.24, 2.45) is 0 Å². The van der Waals surface area contributed by atoms with Gasteiger partial charge in [-0.05, 0) is 15.9 Å². The number of hydrogen-bond donors (Lipinski definition) is 2. The lowest BCUT2D eigenvalue weighted by Crippen LogP contribution is -2.10. The van der Waals surface area contributed by atoms with Gasteiger partial charge in [0.05, 0.1) is 4.47 Å². The second kappa shape index (κ2) is 4.43. The maximum absolute atomic E-state index is 10.6. The summed E-state index contributed by atoms with van der Waals surface area (Å²) >= 11 is 4.04. The first-order chi connectivity index (χ1) is 6.52. The lowest BCUT2D eigenvalue weighted by Gasteiger charge is -2.02. The molecule has 1 heterocycles. The molecule has 0 bridgehead atoms. The molecule has 0 unspecified atom stereocenters. The number of carboxylic acid groups (broad SMARTS) is 2. The van der Waals surface area contributed by atoms with Gasteiger partial charge in [-0.3, -0.25) is 0 Å². The van der Waals surface area contributed by atoms with E-state index in [0.717, 1.165) is 11.3 Å². The smallest absolute Gasteiger partial charge is 0.349 e. The molecule has 0 amide bonds. The average molecular weight is 281 g/mol. The van der Waals surface area contributed by atoms with E-state index in [-0.39, 0.29) is 10.6 Å². The molecular weight excluding hydrogens is 276 g/mol. The van der Waals surface area contributed by atoms with Crippen LogP contribution < -0.4 is 4.74 Å². The SMILES string of the molecule is O=C(O)COc1c(Br)csc1C(=O)O. The molecule has 0 radical (unpaired) electrons. The summed E-state index contributed by atoms with van der Waals surface area (Å²) in [7, 11) is 0. The highest BCUT2D eigenvalue weighted by Crippen LogP contribution is 2.34. The van der Waals surface area contributed by atoms with Crippen molar-refractivity contribution in [3.63, 3.8) is 0 Å². The third kappa shape index (κ3) is 2.46. The fourth-order valence-electron chi connectivity index (χ4n) is 0.742. The maximum Gasteiger partial charge on any atom is 0.349 e. The van der Waals surface area contributed by atoms with Crippen LogP contribution in [0, 0.1) is 0 Å². The molecule has 7 heteroatoms. The molecule has 14 heavy (non-hydrogen) atoms. The first kappa shape index (κ1) is 11.0. The molecule has 0 saturated heterocycles. The summed E-state index contributed by atoms with van der Waals surface area (Å²) in [6.45, 7) is -0.560. The Bertz CT molecular complexity index is 372. The van der Waals surface area contributed by atoms with Gasteiger partial charge in [0, 0.05) is 5.38 Å². The zero-order valence-electron chi connectivity index (χ0n) is 6.69. The predicted molar refractivity (Wildman–Crippen MR) is 52.1 cm³/mol. The summed E-state index contributed by atoms with van der Waals surface area (Å²) in [5.41, 5.74) is 0. The molecule has 2 N–H and O–H groups in total. The fraction of sp³-hybridized carbons (Fsp3) is 0.143. The first-order valence-electron chi connectivity index (χ1n) is 3.37. The van der Waals surface area contributed by atoms with E-state index in [1.165, 1.54) is 5.38 Å². The van der Waals surface area contributed by atoms with Gasteiger partial charge in [0.25, 0.3) is 0 Å². The van der Waals surface area contributed by atoms with Gasteiger partial charge >= 0.3 is 11.9 Å². The highest BCUT2D eigenvalue weighted by Gasteiger charge is 2.18. The molecule has 0 aliphatic heterocycles. The predicted octanol–water partition coefficient (Wildman–Crippen LogP) is 1.67. The Morgan fingerprint density at radius 2 is 2.14 bits per heavy atom. The van der Waals surface area contributed by atoms with Crippen LogP contribution in [0.2, 0.25) is 0 Å². The van der Waals surface area contributed by atoms with Crippen molar-refractivity contribution in [1.82, 2.24) is 0 Å². The maximum atomic E-state index is 10.6.